The molecule has 1 rings (SSSR count). The van der Waals surface area contributed by atoms with Crippen molar-refractivity contribution in [2.45, 2.75) is 72.0 Å². The number of rotatable bonds is 6. The number of hydrogen-bond acceptors (Lipinski definition) is 1. The van der Waals surface area contributed by atoms with Gasteiger partial charge in [-0.1, -0.05) is 102 Å². The average molecular weight is 415 g/mol. The predicted molar refractivity (Wildman–Crippen MR) is 127 cm³/mol. The standard InChI is InChI=1S/C17H38SSi5/c1-19(2,3)23(20(4,5)6,21(7,8)9)18-22(10,11)17-15-13-12-14-16-17/h12-16H,1-11H3. The molecule has 0 amide bonds. The van der Waals surface area contributed by atoms with Crippen molar-refractivity contribution in [2.75, 3.05) is 0 Å². The van der Waals surface area contributed by atoms with Gasteiger partial charge >= 0.3 is 0 Å². The fraction of sp³-hybridized carbons (Fsp3) is 0.647. The molecule has 23 heavy (non-hydrogen) atoms. The van der Waals surface area contributed by atoms with Gasteiger partial charge in [-0.3, -0.25) is 0 Å². The van der Waals surface area contributed by atoms with Crippen LogP contribution in [0.1, 0.15) is 0 Å². The highest BCUT2D eigenvalue weighted by molar-refractivity contribution is 8.64. The van der Waals surface area contributed by atoms with Crippen LogP contribution in [0.15, 0.2) is 30.3 Å². The van der Waals surface area contributed by atoms with E-state index >= 15 is 0 Å². The SMILES string of the molecule is C[Si](C)(S[Si]([Si](C)(C)C)([Si](C)(C)C)[Si](C)(C)C)c1ccccc1. The second-order valence-electron chi connectivity index (χ2n) is 10.4. The number of benzene rings is 1. The zero-order valence-electron chi connectivity index (χ0n) is 17.3. The van der Waals surface area contributed by atoms with Crippen molar-refractivity contribution < 1.29 is 0 Å². The number of hydrogen-bond donors (Lipinski definition) is 0. The average Bonchev–Trinajstić information content (AvgIpc) is 2.32. The fourth-order valence-corrected chi connectivity index (χ4v) is 163. The van der Waals surface area contributed by atoms with E-state index in [4.69, 9.17) is 0 Å². The third-order valence-electron chi connectivity index (χ3n) is 5.05. The Morgan fingerprint density at radius 1 is 0.565 bits per heavy atom. The third kappa shape index (κ3) is 4.26. The molecule has 1 aromatic rings. The second-order valence-corrected chi connectivity index (χ2v) is 64.4. The van der Waals surface area contributed by atoms with Gasteiger partial charge in [-0.05, 0) is 5.19 Å². The largest absolute Gasteiger partial charge is 0.209 e. The first kappa shape index (κ1) is 21.7. The van der Waals surface area contributed by atoms with Crippen LogP contribution in [0.3, 0.4) is 0 Å². The molecule has 0 bridgehead atoms. The van der Waals surface area contributed by atoms with E-state index in [1.807, 2.05) is 0 Å². The van der Waals surface area contributed by atoms with Gasteiger partial charge in [0.05, 0.1) is 5.78 Å². The maximum atomic E-state index is 2.71. The molecule has 0 atom stereocenters. The van der Waals surface area contributed by atoms with Gasteiger partial charge in [0.1, 0.15) is 7.22 Å². The van der Waals surface area contributed by atoms with E-state index in [2.05, 4.69) is 113 Å². The molecule has 0 saturated heterocycles. The summed E-state index contributed by atoms with van der Waals surface area (Å²) < 4.78 is 0. The quantitative estimate of drug-likeness (QED) is 0.512. The van der Waals surface area contributed by atoms with Crippen LogP contribution < -0.4 is 5.19 Å². The molecule has 0 fully saturated rings. The minimum atomic E-state index is -1.46. The first-order valence-corrected chi connectivity index (χ1v) is 29.6. The fourth-order valence-electron chi connectivity index (χ4n) is 5.12. The summed E-state index contributed by atoms with van der Waals surface area (Å²) >= 11 is 0. The van der Waals surface area contributed by atoms with Crippen molar-refractivity contribution in [1.82, 2.24) is 0 Å². The molecule has 132 valence electrons. The molecule has 0 spiro atoms. The van der Waals surface area contributed by atoms with E-state index in [9.17, 15) is 0 Å². The maximum Gasteiger partial charge on any atom is 0.134 e. The Bertz CT molecular complexity index is 485. The highest BCUT2D eigenvalue weighted by Gasteiger charge is 2.63. The minimum absolute atomic E-state index is 1.19. The Labute approximate surface area is 153 Å². The summed E-state index contributed by atoms with van der Waals surface area (Å²) in [6.45, 7) is 29.6. The topological polar surface area (TPSA) is 0 Å². The molecule has 0 N–H and O–H groups in total. The highest BCUT2D eigenvalue weighted by Crippen LogP contribution is 2.48. The van der Waals surface area contributed by atoms with Gasteiger partial charge in [-0.2, -0.15) is 0 Å². The minimum Gasteiger partial charge on any atom is -0.209 e. The Kier molecular flexibility index (Phi) is 6.37. The first-order chi connectivity index (χ1) is 10.1. The normalized spacial score (nSPS) is 14.9. The Hall–Kier alpha value is 0.654. The van der Waals surface area contributed by atoms with Crippen LogP contribution in [-0.4, -0.2) is 35.8 Å². The van der Waals surface area contributed by atoms with Gasteiger partial charge in [0.2, 0.25) is 0 Å². The molecule has 0 nitrogen and oxygen atoms in total. The van der Waals surface area contributed by atoms with E-state index in [0.717, 1.165) is 0 Å². The summed E-state index contributed by atoms with van der Waals surface area (Å²) in [6.07, 6.45) is 0. The van der Waals surface area contributed by atoms with Crippen LogP contribution in [0.5, 0.6) is 0 Å². The molecule has 6 heteroatoms. The summed E-state index contributed by atoms with van der Waals surface area (Å²) in [7, 11) is -2.40. The van der Waals surface area contributed by atoms with Gasteiger partial charge in [-0.15, -0.1) is 0 Å². The lowest BCUT2D eigenvalue weighted by atomic mass is 10.4. The molecular formula is C17H38SSi5. The van der Waals surface area contributed by atoms with Crippen molar-refractivity contribution in [3.8, 4) is 0 Å². The van der Waals surface area contributed by atoms with Gasteiger partial charge in [0.15, 0.2) is 0 Å². The Morgan fingerprint density at radius 3 is 1.22 bits per heavy atom. The van der Waals surface area contributed by atoms with E-state index < -0.39 is 35.8 Å². The lowest BCUT2D eigenvalue weighted by molar-refractivity contribution is 1.73. The van der Waals surface area contributed by atoms with E-state index in [1.165, 1.54) is 0 Å². The molecule has 0 aromatic heterocycles. The molecule has 0 aliphatic rings. The maximum absolute atomic E-state index is 2.71. The summed E-state index contributed by atoms with van der Waals surface area (Å²) in [4.78, 5) is 0. The van der Waals surface area contributed by atoms with Crippen LogP contribution in [-0.2, 0) is 0 Å². The van der Waals surface area contributed by atoms with E-state index in [1.54, 1.807) is 5.19 Å². The lowest BCUT2D eigenvalue weighted by Gasteiger charge is -2.59. The third-order valence-corrected chi connectivity index (χ3v) is 109. The van der Waals surface area contributed by atoms with Crippen molar-refractivity contribution in [2.24, 2.45) is 0 Å². The summed E-state index contributed by atoms with van der Waals surface area (Å²) in [6, 6.07) is 11.4. The summed E-state index contributed by atoms with van der Waals surface area (Å²) in [5.74, 6) is -1.32. The zero-order valence-corrected chi connectivity index (χ0v) is 23.1. The van der Waals surface area contributed by atoms with Crippen LogP contribution in [0, 0.1) is 0 Å². The zero-order chi connectivity index (χ0) is 18.3. The Morgan fingerprint density at radius 2 is 0.913 bits per heavy atom. The predicted octanol–water partition coefficient (Wildman–Crippen LogP) is 6.03. The van der Waals surface area contributed by atoms with Crippen LogP contribution in [0.4, 0.5) is 0 Å². The molecule has 0 aliphatic carbocycles. The summed E-state index contributed by atoms with van der Waals surface area (Å²) in [5, 5.41) is 1.65. The van der Waals surface area contributed by atoms with Crippen LogP contribution in [0.25, 0.3) is 0 Å². The van der Waals surface area contributed by atoms with Crippen molar-refractivity contribution in [3.05, 3.63) is 30.3 Å². The smallest absolute Gasteiger partial charge is 0.134 e. The molecular weight excluding hydrogens is 377 g/mol. The molecule has 0 aliphatic heterocycles. The van der Waals surface area contributed by atoms with Crippen molar-refractivity contribution >= 4 is 51.6 Å². The van der Waals surface area contributed by atoms with E-state index in [-0.39, 0.29) is 0 Å². The Balaban J connectivity index is 3.55. The summed E-state index contributed by atoms with van der Waals surface area (Å²) in [5.41, 5.74) is 0. The highest BCUT2D eigenvalue weighted by atomic mass is 32.6. The van der Waals surface area contributed by atoms with Crippen LogP contribution >= 0.6 is 10.7 Å². The molecule has 0 unspecified atom stereocenters. The molecule has 0 heterocycles. The van der Waals surface area contributed by atoms with E-state index in [0.29, 0.717) is 0 Å². The van der Waals surface area contributed by atoms with Gasteiger partial charge < -0.3 is 0 Å². The monoisotopic (exact) mass is 414 g/mol. The lowest BCUT2D eigenvalue weighted by Crippen LogP contribution is -2.82. The second kappa shape index (κ2) is 6.76. The van der Waals surface area contributed by atoms with Crippen molar-refractivity contribution in [3.63, 3.8) is 0 Å². The molecule has 0 radical (unpaired) electrons. The van der Waals surface area contributed by atoms with Gasteiger partial charge in [-0.25, -0.2) is 10.7 Å². The van der Waals surface area contributed by atoms with Gasteiger partial charge in [0.25, 0.3) is 0 Å². The molecule has 0 saturated carbocycles. The van der Waals surface area contributed by atoms with Crippen molar-refractivity contribution in [1.29, 1.82) is 0 Å². The van der Waals surface area contributed by atoms with Gasteiger partial charge in [0, 0.05) is 22.8 Å². The first-order valence-electron chi connectivity index (χ1n) is 8.82. The molecule has 1 aromatic carbocycles. The van der Waals surface area contributed by atoms with Crippen LogP contribution in [0.2, 0.25) is 72.0 Å².